The Morgan fingerprint density at radius 2 is 1.39 bits per heavy atom. The van der Waals surface area contributed by atoms with Crippen LogP contribution in [0.2, 0.25) is 0 Å². The monoisotopic (exact) mass is 500 g/mol. The second-order valence-electron chi connectivity index (χ2n) is 6.64. The van der Waals surface area contributed by atoms with Crippen molar-refractivity contribution in [1.82, 2.24) is 4.72 Å². The molecular formula is C19H18F6N2O5S. The third kappa shape index (κ3) is 6.51. The molecule has 0 aromatic heterocycles. The number of halogens is 6. The number of methoxy groups -OCH3 is 2. The minimum atomic E-state index is -5.11. The molecule has 14 heteroatoms. The molecule has 0 bridgehead atoms. The molecule has 7 nitrogen and oxygen atoms in total. The fourth-order valence-electron chi connectivity index (χ4n) is 2.62. The molecule has 0 aliphatic heterocycles. The summed E-state index contributed by atoms with van der Waals surface area (Å²) in [5, 5.41) is 1.87. The zero-order chi connectivity index (χ0) is 25.2. The second-order valence-corrected chi connectivity index (χ2v) is 8.36. The third-order valence-electron chi connectivity index (χ3n) is 4.25. The summed E-state index contributed by atoms with van der Waals surface area (Å²) in [4.78, 5) is 12.0. The van der Waals surface area contributed by atoms with Crippen molar-refractivity contribution in [1.29, 1.82) is 0 Å². The lowest BCUT2D eigenvalue weighted by atomic mass is 10.1. The average molecular weight is 500 g/mol. The minimum Gasteiger partial charge on any atom is -0.493 e. The van der Waals surface area contributed by atoms with Crippen molar-refractivity contribution >= 4 is 21.6 Å². The van der Waals surface area contributed by atoms with Gasteiger partial charge in [-0.25, -0.2) is 8.42 Å². The van der Waals surface area contributed by atoms with Gasteiger partial charge in [0.15, 0.2) is 11.5 Å². The molecule has 0 radical (unpaired) electrons. The topological polar surface area (TPSA) is 93.7 Å². The number of carbonyl (C=O) groups is 1. The maximum atomic E-state index is 13.0. The van der Waals surface area contributed by atoms with Gasteiger partial charge in [-0.2, -0.15) is 31.1 Å². The highest BCUT2D eigenvalue weighted by atomic mass is 32.2. The van der Waals surface area contributed by atoms with Crippen LogP contribution in [0.15, 0.2) is 41.3 Å². The number of nitrogens with one attached hydrogen (secondary N) is 2. The number of ether oxygens (including phenoxy) is 2. The maximum Gasteiger partial charge on any atom is 0.416 e. The SMILES string of the molecule is COc1ccc(S(=O)(=O)N[C@@H](C)C(=O)Nc2cc(C(F)(F)F)cc(C(F)(F)F)c2)cc1OC. The number of rotatable bonds is 7. The smallest absolute Gasteiger partial charge is 0.416 e. The first-order valence-electron chi connectivity index (χ1n) is 8.93. The van der Waals surface area contributed by atoms with Crippen molar-refractivity contribution < 1.29 is 49.0 Å². The van der Waals surface area contributed by atoms with Gasteiger partial charge in [-0.15, -0.1) is 0 Å². The number of alkyl halides is 6. The van der Waals surface area contributed by atoms with Crippen LogP contribution in [0.3, 0.4) is 0 Å². The van der Waals surface area contributed by atoms with Gasteiger partial charge in [0.1, 0.15) is 0 Å². The third-order valence-corrected chi connectivity index (χ3v) is 5.78. The molecule has 182 valence electrons. The van der Waals surface area contributed by atoms with Crippen molar-refractivity contribution in [2.75, 3.05) is 19.5 Å². The highest BCUT2D eigenvalue weighted by Gasteiger charge is 2.37. The summed E-state index contributed by atoms with van der Waals surface area (Å²) in [5.41, 5.74) is -4.07. The van der Waals surface area contributed by atoms with Crippen LogP contribution in [-0.2, 0) is 27.2 Å². The number of amides is 1. The number of sulfonamides is 1. The van der Waals surface area contributed by atoms with E-state index in [1.54, 1.807) is 0 Å². The van der Waals surface area contributed by atoms with Gasteiger partial charge >= 0.3 is 12.4 Å². The van der Waals surface area contributed by atoms with Crippen molar-refractivity contribution in [3.05, 3.63) is 47.5 Å². The van der Waals surface area contributed by atoms with Gasteiger partial charge in [-0.3, -0.25) is 4.79 Å². The normalized spacial score (nSPS) is 13.4. The fourth-order valence-corrected chi connectivity index (χ4v) is 3.83. The van der Waals surface area contributed by atoms with Gasteiger partial charge < -0.3 is 14.8 Å². The first-order valence-corrected chi connectivity index (χ1v) is 10.4. The molecule has 1 amide bonds. The fraction of sp³-hybridized carbons (Fsp3) is 0.316. The largest absolute Gasteiger partial charge is 0.493 e. The molecule has 0 unspecified atom stereocenters. The van der Waals surface area contributed by atoms with Gasteiger partial charge in [-0.1, -0.05) is 0 Å². The predicted molar refractivity (Wildman–Crippen MR) is 104 cm³/mol. The molecule has 33 heavy (non-hydrogen) atoms. The average Bonchev–Trinajstić information content (AvgIpc) is 2.71. The maximum absolute atomic E-state index is 13.0. The molecule has 0 heterocycles. The van der Waals surface area contributed by atoms with E-state index in [1.807, 2.05) is 10.0 Å². The van der Waals surface area contributed by atoms with Crippen LogP contribution < -0.4 is 19.5 Å². The molecule has 2 N–H and O–H groups in total. The molecule has 0 saturated carbocycles. The molecule has 0 aliphatic rings. The Bertz CT molecular complexity index is 1100. The Balaban J connectivity index is 2.27. The van der Waals surface area contributed by atoms with Crippen LogP contribution in [0, 0.1) is 0 Å². The Kier molecular flexibility index (Phi) is 7.53. The van der Waals surface area contributed by atoms with Crippen LogP contribution >= 0.6 is 0 Å². The first-order chi connectivity index (χ1) is 15.1. The van der Waals surface area contributed by atoms with Crippen molar-refractivity contribution in [2.24, 2.45) is 0 Å². The zero-order valence-electron chi connectivity index (χ0n) is 17.3. The van der Waals surface area contributed by atoms with Gasteiger partial charge in [0.25, 0.3) is 0 Å². The number of hydrogen-bond acceptors (Lipinski definition) is 5. The van der Waals surface area contributed by atoms with E-state index in [0.29, 0.717) is 12.1 Å². The van der Waals surface area contributed by atoms with Gasteiger partial charge in [-0.05, 0) is 37.3 Å². The van der Waals surface area contributed by atoms with E-state index in [9.17, 15) is 39.6 Å². The van der Waals surface area contributed by atoms with Crippen LogP contribution in [0.25, 0.3) is 0 Å². The lowest BCUT2D eigenvalue weighted by Crippen LogP contribution is -2.41. The van der Waals surface area contributed by atoms with Crippen molar-refractivity contribution in [3.8, 4) is 11.5 Å². The van der Waals surface area contributed by atoms with Crippen LogP contribution in [0.5, 0.6) is 11.5 Å². The Morgan fingerprint density at radius 1 is 0.879 bits per heavy atom. The van der Waals surface area contributed by atoms with E-state index in [2.05, 4.69) is 0 Å². The second kappa shape index (κ2) is 9.47. The van der Waals surface area contributed by atoms with E-state index >= 15 is 0 Å². The summed E-state index contributed by atoms with van der Waals surface area (Å²) in [6.07, 6.45) is -10.2. The van der Waals surface area contributed by atoms with E-state index < -0.39 is 51.1 Å². The summed E-state index contributed by atoms with van der Waals surface area (Å²) >= 11 is 0. The van der Waals surface area contributed by atoms with E-state index in [0.717, 1.165) is 19.1 Å². The molecule has 0 saturated heterocycles. The number of anilines is 1. The van der Waals surface area contributed by atoms with Crippen molar-refractivity contribution in [2.45, 2.75) is 30.2 Å². The standard InChI is InChI=1S/C19H18F6N2O5S/c1-10(27-33(29,30)14-4-5-15(31-2)16(9-14)32-3)17(28)26-13-7-11(18(20,21)22)6-12(8-13)19(23,24)25/h4-10,27H,1-3H3,(H,26,28)/t10-/m0/s1. The minimum absolute atomic E-state index is 0.0705. The van der Waals surface area contributed by atoms with Gasteiger partial charge in [0, 0.05) is 11.8 Å². The highest BCUT2D eigenvalue weighted by molar-refractivity contribution is 7.89. The van der Waals surface area contributed by atoms with E-state index in [1.165, 1.54) is 20.3 Å². The molecule has 2 aromatic rings. The molecule has 0 aliphatic carbocycles. The summed E-state index contributed by atoms with van der Waals surface area (Å²) < 4.78 is 115. The molecule has 1 atom stereocenters. The number of hydrogen-bond donors (Lipinski definition) is 2. The zero-order valence-corrected chi connectivity index (χ0v) is 18.1. The molecule has 2 rings (SSSR count). The molecule has 0 fully saturated rings. The van der Waals surface area contributed by atoms with Crippen LogP contribution in [0.4, 0.5) is 32.0 Å². The summed E-state index contributed by atoms with van der Waals surface area (Å²) in [7, 11) is -1.73. The molecule has 2 aromatic carbocycles. The Labute approximate surface area is 184 Å². The highest BCUT2D eigenvalue weighted by Crippen LogP contribution is 2.37. The van der Waals surface area contributed by atoms with Crippen LogP contribution in [-0.4, -0.2) is 34.6 Å². The predicted octanol–water partition coefficient (Wildman–Crippen LogP) is 4.05. The van der Waals surface area contributed by atoms with Crippen molar-refractivity contribution in [3.63, 3.8) is 0 Å². The van der Waals surface area contributed by atoms with Crippen LogP contribution in [0.1, 0.15) is 18.1 Å². The number of carbonyl (C=O) groups excluding carboxylic acids is 1. The molecular weight excluding hydrogens is 482 g/mol. The van der Waals surface area contributed by atoms with Gasteiger partial charge in [0.05, 0.1) is 36.3 Å². The lowest BCUT2D eigenvalue weighted by Gasteiger charge is -2.17. The number of benzene rings is 2. The van der Waals surface area contributed by atoms with Gasteiger partial charge in [0.2, 0.25) is 15.9 Å². The van der Waals surface area contributed by atoms with E-state index in [4.69, 9.17) is 9.47 Å². The Hall–Kier alpha value is -3.00. The van der Waals surface area contributed by atoms with E-state index in [-0.39, 0.29) is 22.5 Å². The quantitative estimate of drug-likeness (QED) is 0.560. The summed E-state index contributed by atoms with van der Waals surface area (Å²) in [5.74, 6) is -0.889. The first kappa shape index (κ1) is 26.3. The Morgan fingerprint density at radius 3 is 1.85 bits per heavy atom. The lowest BCUT2D eigenvalue weighted by molar-refractivity contribution is -0.143. The summed E-state index contributed by atoms with van der Waals surface area (Å²) in [6.45, 7) is 1.06. The molecule has 0 spiro atoms. The summed E-state index contributed by atoms with van der Waals surface area (Å²) in [6, 6.07) is 2.50.